The number of hydrogen-bond donors (Lipinski definition) is 2. The van der Waals surface area contributed by atoms with Crippen LogP contribution in [0.4, 0.5) is 5.69 Å². The third-order valence-corrected chi connectivity index (χ3v) is 5.68. The Morgan fingerprint density at radius 3 is 2.39 bits per heavy atom. The van der Waals surface area contributed by atoms with E-state index in [4.69, 9.17) is 0 Å². The molecule has 1 unspecified atom stereocenters. The van der Waals surface area contributed by atoms with Crippen LogP contribution in [-0.4, -0.2) is 26.1 Å². The maximum Gasteiger partial charge on any atom is 0.233 e. The highest BCUT2D eigenvalue weighted by Crippen LogP contribution is 2.18. The zero-order chi connectivity index (χ0) is 16.9. The maximum absolute atomic E-state index is 12.2. The molecule has 1 fully saturated rings. The van der Waals surface area contributed by atoms with E-state index >= 15 is 0 Å². The molecule has 1 aliphatic rings. The number of carbonyl (C=O) groups excluding carboxylic acids is 1. The molecular formula is C17H26N2O3S. The number of aryl methyl sites for hydroxylation is 1. The fraction of sp³-hybridized carbons (Fsp3) is 0.588. The summed E-state index contributed by atoms with van der Waals surface area (Å²) in [5.41, 5.74) is 1.59. The molecule has 1 amide bonds. The first-order chi connectivity index (χ1) is 10.9. The summed E-state index contributed by atoms with van der Waals surface area (Å²) in [6, 6.07) is 7.33. The van der Waals surface area contributed by atoms with Gasteiger partial charge in [-0.15, -0.1) is 0 Å². The van der Waals surface area contributed by atoms with Crippen molar-refractivity contribution in [3.05, 3.63) is 29.8 Å². The van der Waals surface area contributed by atoms with Gasteiger partial charge < -0.3 is 5.32 Å². The third-order valence-electron chi connectivity index (χ3n) is 4.19. The Labute approximate surface area is 138 Å². The predicted molar refractivity (Wildman–Crippen MR) is 92.8 cm³/mol. The van der Waals surface area contributed by atoms with Gasteiger partial charge in [-0.1, -0.05) is 43.9 Å². The van der Waals surface area contributed by atoms with Crippen molar-refractivity contribution in [1.82, 2.24) is 5.32 Å². The summed E-state index contributed by atoms with van der Waals surface area (Å²) in [5.74, 6) is -0.953. The molecule has 1 saturated carbocycles. The summed E-state index contributed by atoms with van der Waals surface area (Å²) < 4.78 is 26.9. The first kappa shape index (κ1) is 17.8. The van der Waals surface area contributed by atoms with Crippen LogP contribution in [-0.2, 0) is 14.8 Å². The summed E-state index contributed by atoms with van der Waals surface area (Å²) in [5, 5.41) is 2.98. The number of carbonyl (C=O) groups is 1. The summed E-state index contributed by atoms with van der Waals surface area (Å²) >= 11 is 0. The maximum atomic E-state index is 12.2. The fourth-order valence-electron chi connectivity index (χ4n) is 2.84. The molecule has 5 nitrogen and oxygen atoms in total. The van der Waals surface area contributed by atoms with E-state index in [1.54, 1.807) is 19.1 Å². The predicted octanol–water partition coefficient (Wildman–Crippen LogP) is 2.82. The highest BCUT2D eigenvalue weighted by Gasteiger charge is 2.24. The molecule has 0 bridgehead atoms. The average molecular weight is 338 g/mol. The van der Waals surface area contributed by atoms with E-state index in [2.05, 4.69) is 10.0 Å². The highest BCUT2D eigenvalue weighted by molar-refractivity contribution is 7.92. The zero-order valence-electron chi connectivity index (χ0n) is 13.8. The van der Waals surface area contributed by atoms with Crippen LogP contribution in [0.3, 0.4) is 0 Å². The lowest BCUT2D eigenvalue weighted by atomic mass is 9.95. The van der Waals surface area contributed by atoms with Gasteiger partial charge in [0.1, 0.15) is 0 Å². The monoisotopic (exact) mass is 338 g/mol. The SMILES string of the molecule is Cc1ccc(NS(=O)(=O)CC(C)C(=O)NC2CCCCC2)cc1. The van der Waals surface area contributed by atoms with Gasteiger partial charge in [0.2, 0.25) is 15.9 Å². The van der Waals surface area contributed by atoms with Crippen molar-refractivity contribution in [2.75, 3.05) is 10.5 Å². The standard InChI is InChI=1S/C17H26N2O3S/c1-13-8-10-16(11-9-13)19-23(21,22)12-14(2)17(20)18-15-6-4-3-5-7-15/h8-11,14-15,19H,3-7,12H2,1-2H3,(H,18,20). The number of sulfonamides is 1. The van der Waals surface area contributed by atoms with Gasteiger partial charge in [-0.3, -0.25) is 9.52 Å². The van der Waals surface area contributed by atoms with Crippen molar-refractivity contribution in [2.24, 2.45) is 5.92 Å². The Balaban J connectivity index is 1.87. The fourth-order valence-corrected chi connectivity index (χ4v) is 4.23. The molecule has 2 rings (SSSR count). The van der Waals surface area contributed by atoms with Crippen LogP contribution in [0.1, 0.15) is 44.6 Å². The van der Waals surface area contributed by atoms with Gasteiger partial charge in [0.05, 0.1) is 11.7 Å². The van der Waals surface area contributed by atoms with E-state index < -0.39 is 15.9 Å². The van der Waals surface area contributed by atoms with Crippen molar-refractivity contribution in [3.63, 3.8) is 0 Å². The van der Waals surface area contributed by atoms with Crippen LogP contribution < -0.4 is 10.0 Å². The molecule has 0 spiro atoms. The Morgan fingerprint density at radius 2 is 1.78 bits per heavy atom. The molecule has 23 heavy (non-hydrogen) atoms. The van der Waals surface area contributed by atoms with Gasteiger partial charge >= 0.3 is 0 Å². The van der Waals surface area contributed by atoms with Crippen LogP contribution in [0.5, 0.6) is 0 Å². The summed E-state index contributed by atoms with van der Waals surface area (Å²) in [4.78, 5) is 12.2. The van der Waals surface area contributed by atoms with E-state index in [-0.39, 0.29) is 17.7 Å². The summed E-state index contributed by atoms with van der Waals surface area (Å²) in [6.07, 6.45) is 5.47. The quantitative estimate of drug-likeness (QED) is 0.837. The van der Waals surface area contributed by atoms with Gasteiger partial charge in [-0.05, 0) is 31.9 Å². The molecule has 0 aliphatic heterocycles. The van der Waals surface area contributed by atoms with Crippen molar-refractivity contribution in [1.29, 1.82) is 0 Å². The number of anilines is 1. The van der Waals surface area contributed by atoms with E-state index in [0.29, 0.717) is 5.69 Å². The second kappa shape index (κ2) is 7.81. The van der Waals surface area contributed by atoms with Gasteiger partial charge in [-0.25, -0.2) is 8.42 Å². The average Bonchev–Trinajstić information content (AvgIpc) is 2.50. The number of hydrogen-bond acceptors (Lipinski definition) is 3. The Hall–Kier alpha value is -1.56. The summed E-state index contributed by atoms with van der Waals surface area (Å²) in [7, 11) is -3.54. The van der Waals surface area contributed by atoms with Crippen LogP contribution in [0.2, 0.25) is 0 Å². The topological polar surface area (TPSA) is 75.3 Å². The molecule has 0 radical (unpaired) electrons. The molecule has 6 heteroatoms. The zero-order valence-corrected chi connectivity index (χ0v) is 14.7. The molecule has 0 saturated heterocycles. The summed E-state index contributed by atoms with van der Waals surface area (Å²) in [6.45, 7) is 3.60. The number of nitrogens with one attached hydrogen (secondary N) is 2. The Bertz CT molecular complexity index is 620. The molecule has 1 aliphatic carbocycles. The van der Waals surface area contributed by atoms with E-state index in [1.807, 2.05) is 19.1 Å². The van der Waals surface area contributed by atoms with Crippen LogP contribution in [0, 0.1) is 12.8 Å². The lowest BCUT2D eigenvalue weighted by molar-refractivity contribution is -0.124. The van der Waals surface area contributed by atoms with Gasteiger partial charge in [0.25, 0.3) is 0 Å². The number of rotatable bonds is 6. The van der Waals surface area contributed by atoms with Gasteiger partial charge in [-0.2, -0.15) is 0 Å². The lowest BCUT2D eigenvalue weighted by Gasteiger charge is -2.24. The third kappa shape index (κ3) is 5.86. The molecular weight excluding hydrogens is 312 g/mol. The first-order valence-electron chi connectivity index (χ1n) is 8.23. The molecule has 2 N–H and O–H groups in total. The van der Waals surface area contributed by atoms with Crippen LogP contribution >= 0.6 is 0 Å². The van der Waals surface area contributed by atoms with E-state index in [9.17, 15) is 13.2 Å². The van der Waals surface area contributed by atoms with Crippen molar-refractivity contribution in [2.45, 2.75) is 52.0 Å². The molecule has 0 heterocycles. The normalized spacial score (nSPS) is 17.5. The molecule has 1 atom stereocenters. The molecule has 0 aromatic heterocycles. The van der Waals surface area contributed by atoms with Gasteiger partial charge in [0, 0.05) is 11.7 Å². The minimum atomic E-state index is -3.54. The molecule has 1 aromatic rings. The van der Waals surface area contributed by atoms with Crippen molar-refractivity contribution < 1.29 is 13.2 Å². The Morgan fingerprint density at radius 1 is 1.17 bits per heavy atom. The van der Waals surface area contributed by atoms with Crippen molar-refractivity contribution in [3.8, 4) is 0 Å². The van der Waals surface area contributed by atoms with Crippen LogP contribution in [0.25, 0.3) is 0 Å². The van der Waals surface area contributed by atoms with E-state index in [0.717, 1.165) is 31.2 Å². The number of benzene rings is 1. The molecule has 1 aromatic carbocycles. The minimum absolute atomic E-state index is 0.175. The molecule has 128 valence electrons. The van der Waals surface area contributed by atoms with Crippen LogP contribution in [0.15, 0.2) is 24.3 Å². The van der Waals surface area contributed by atoms with Gasteiger partial charge in [0.15, 0.2) is 0 Å². The second-order valence-electron chi connectivity index (χ2n) is 6.49. The first-order valence-corrected chi connectivity index (χ1v) is 9.88. The Kier molecular flexibility index (Phi) is 6.04. The largest absolute Gasteiger partial charge is 0.353 e. The second-order valence-corrected chi connectivity index (χ2v) is 8.26. The minimum Gasteiger partial charge on any atom is -0.353 e. The smallest absolute Gasteiger partial charge is 0.233 e. The number of amides is 1. The lowest BCUT2D eigenvalue weighted by Crippen LogP contribution is -2.41. The highest BCUT2D eigenvalue weighted by atomic mass is 32.2. The van der Waals surface area contributed by atoms with Crippen molar-refractivity contribution >= 4 is 21.6 Å². The van der Waals surface area contributed by atoms with E-state index in [1.165, 1.54) is 6.42 Å².